The van der Waals surface area contributed by atoms with E-state index in [2.05, 4.69) is 22.1 Å². The third kappa shape index (κ3) is 7.38. The van der Waals surface area contributed by atoms with Crippen LogP contribution >= 0.6 is 0 Å². The largest absolute Gasteiger partial charge is 0.344 e. The number of rotatable bonds is 11. The lowest BCUT2D eigenvalue weighted by atomic mass is 9.85. The van der Waals surface area contributed by atoms with Crippen LogP contribution < -0.4 is 9.62 Å². The van der Waals surface area contributed by atoms with E-state index in [4.69, 9.17) is 0 Å². The highest BCUT2D eigenvalue weighted by molar-refractivity contribution is 7.90. The van der Waals surface area contributed by atoms with Crippen LogP contribution in [0.25, 0.3) is 0 Å². The molecule has 1 N–H and O–H groups in total. The molecule has 39 heavy (non-hydrogen) atoms. The Balaban J connectivity index is 1.57. The molecule has 3 aromatic rings. The number of nitrogens with one attached hydrogen (secondary N) is 1. The minimum atomic E-state index is -4.51. The SMILES string of the molecule is CN(CCc1ccccc1)c1ncc(C(=O)NS(=O)(=O)c2ccccc2[N+](=O)[O-])c(CCC2CCCCC2)n1. The van der Waals surface area contributed by atoms with Gasteiger partial charge in [-0.1, -0.05) is 74.6 Å². The molecule has 0 saturated heterocycles. The van der Waals surface area contributed by atoms with Gasteiger partial charge in [0.25, 0.3) is 21.6 Å². The monoisotopic (exact) mass is 551 g/mol. The van der Waals surface area contributed by atoms with Gasteiger partial charge in [-0.2, -0.15) is 0 Å². The van der Waals surface area contributed by atoms with E-state index in [1.165, 1.54) is 43.2 Å². The number of aryl methyl sites for hydroxylation is 1. The Hall–Kier alpha value is -3.86. The summed E-state index contributed by atoms with van der Waals surface area (Å²) in [6, 6.07) is 15.0. The molecule has 10 nitrogen and oxygen atoms in total. The van der Waals surface area contributed by atoms with Crippen molar-refractivity contribution in [3.05, 3.63) is 87.7 Å². The van der Waals surface area contributed by atoms with Crippen molar-refractivity contribution >= 4 is 27.6 Å². The van der Waals surface area contributed by atoms with Gasteiger partial charge in [0.05, 0.1) is 16.2 Å². The summed E-state index contributed by atoms with van der Waals surface area (Å²) in [4.78, 5) is 34.2. The highest BCUT2D eigenvalue weighted by atomic mass is 32.2. The number of amides is 1. The summed E-state index contributed by atoms with van der Waals surface area (Å²) < 4.78 is 27.9. The van der Waals surface area contributed by atoms with Crippen molar-refractivity contribution in [1.29, 1.82) is 0 Å². The van der Waals surface area contributed by atoms with E-state index in [1.807, 2.05) is 34.9 Å². The van der Waals surface area contributed by atoms with Crippen molar-refractivity contribution in [2.45, 2.75) is 56.3 Å². The van der Waals surface area contributed by atoms with Gasteiger partial charge < -0.3 is 4.90 Å². The van der Waals surface area contributed by atoms with E-state index in [9.17, 15) is 23.3 Å². The molecule has 0 radical (unpaired) electrons. The number of carbonyl (C=O) groups excluding carboxylic acids is 1. The molecule has 11 heteroatoms. The van der Waals surface area contributed by atoms with Gasteiger partial charge in [-0.15, -0.1) is 0 Å². The summed E-state index contributed by atoms with van der Waals surface area (Å²) in [6.45, 7) is 0.656. The number of nitrogens with zero attached hydrogens (tertiary/aromatic N) is 4. The average Bonchev–Trinajstić information content (AvgIpc) is 2.95. The number of nitro groups is 1. The second-order valence-corrected chi connectivity index (χ2v) is 11.5. The van der Waals surface area contributed by atoms with Crippen LogP contribution in [-0.2, 0) is 22.9 Å². The lowest BCUT2D eigenvalue weighted by molar-refractivity contribution is -0.387. The smallest absolute Gasteiger partial charge is 0.289 e. The van der Waals surface area contributed by atoms with Crippen molar-refractivity contribution in [3.8, 4) is 0 Å². The maximum absolute atomic E-state index is 13.2. The highest BCUT2D eigenvalue weighted by Crippen LogP contribution is 2.28. The molecule has 1 heterocycles. The molecule has 206 valence electrons. The van der Waals surface area contributed by atoms with Gasteiger partial charge in [-0.05, 0) is 36.8 Å². The van der Waals surface area contributed by atoms with Gasteiger partial charge in [-0.25, -0.2) is 23.1 Å². The molecule has 1 amide bonds. The van der Waals surface area contributed by atoms with Gasteiger partial charge in [0.15, 0.2) is 4.90 Å². The number of sulfonamides is 1. The molecule has 0 unspecified atom stereocenters. The minimum Gasteiger partial charge on any atom is -0.344 e. The first-order chi connectivity index (χ1) is 18.7. The molecule has 0 bridgehead atoms. The van der Waals surface area contributed by atoms with Crippen LogP contribution in [0.5, 0.6) is 0 Å². The maximum Gasteiger partial charge on any atom is 0.289 e. The Bertz CT molecular complexity index is 1410. The zero-order chi connectivity index (χ0) is 27.8. The molecule has 1 saturated carbocycles. The first-order valence-electron chi connectivity index (χ1n) is 13.2. The fraction of sp³-hybridized carbons (Fsp3) is 0.393. The second-order valence-electron chi connectivity index (χ2n) is 9.89. The Morgan fingerprint density at radius 3 is 2.46 bits per heavy atom. The number of carbonyl (C=O) groups is 1. The van der Waals surface area contributed by atoms with E-state index < -0.39 is 31.4 Å². The third-order valence-electron chi connectivity index (χ3n) is 7.11. The summed E-state index contributed by atoms with van der Waals surface area (Å²) >= 11 is 0. The van der Waals surface area contributed by atoms with Crippen molar-refractivity contribution in [3.63, 3.8) is 0 Å². The first kappa shape index (κ1) is 28.2. The number of nitro benzene ring substituents is 1. The van der Waals surface area contributed by atoms with E-state index >= 15 is 0 Å². The minimum absolute atomic E-state index is 0.0492. The van der Waals surface area contributed by atoms with Crippen LogP contribution in [0.3, 0.4) is 0 Å². The molecule has 1 aliphatic carbocycles. The quantitative estimate of drug-likeness (QED) is 0.268. The van der Waals surface area contributed by atoms with Crippen LogP contribution in [0.4, 0.5) is 11.6 Å². The Kier molecular flexibility index (Phi) is 9.23. The molecule has 0 aliphatic heterocycles. The number of anilines is 1. The van der Waals surface area contributed by atoms with Gasteiger partial charge in [0.1, 0.15) is 0 Å². The van der Waals surface area contributed by atoms with E-state index in [1.54, 1.807) is 0 Å². The van der Waals surface area contributed by atoms with E-state index in [0.29, 0.717) is 30.5 Å². The zero-order valence-electron chi connectivity index (χ0n) is 22.0. The highest BCUT2D eigenvalue weighted by Gasteiger charge is 2.29. The fourth-order valence-corrected chi connectivity index (χ4v) is 6.04. The molecular weight excluding hydrogens is 518 g/mol. The van der Waals surface area contributed by atoms with Gasteiger partial charge in [0.2, 0.25) is 5.95 Å². The number of hydrogen-bond acceptors (Lipinski definition) is 8. The van der Waals surface area contributed by atoms with Crippen molar-refractivity contribution in [2.24, 2.45) is 5.92 Å². The normalized spacial score (nSPS) is 14.1. The zero-order valence-corrected chi connectivity index (χ0v) is 22.8. The molecule has 4 rings (SSSR count). The Morgan fingerprint density at radius 1 is 1.05 bits per heavy atom. The fourth-order valence-electron chi connectivity index (χ4n) is 4.90. The molecule has 0 atom stereocenters. The predicted molar refractivity (Wildman–Crippen MR) is 148 cm³/mol. The first-order valence-corrected chi connectivity index (χ1v) is 14.6. The number of hydrogen-bond donors (Lipinski definition) is 1. The van der Waals surface area contributed by atoms with Crippen LogP contribution in [-0.4, -0.2) is 42.8 Å². The third-order valence-corrected chi connectivity index (χ3v) is 8.49. The maximum atomic E-state index is 13.2. The summed E-state index contributed by atoms with van der Waals surface area (Å²) in [5.74, 6) is 0.0625. The van der Waals surface area contributed by atoms with Crippen LogP contribution in [0, 0.1) is 16.0 Å². The summed E-state index contributed by atoms with van der Waals surface area (Å²) in [5.41, 5.74) is 1.08. The lowest BCUT2D eigenvalue weighted by Gasteiger charge is -2.22. The molecule has 1 aliphatic rings. The van der Waals surface area contributed by atoms with Crippen LogP contribution in [0.2, 0.25) is 0 Å². The number of benzene rings is 2. The molecular formula is C28H33N5O5S. The van der Waals surface area contributed by atoms with Gasteiger partial charge in [0, 0.05) is 25.9 Å². The van der Waals surface area contributed by atoms with E-state index in [-0.39, 0.29) is 5.56 Å². The van der Waals surface area contributed by atoms with E-state index in [0.717, 1.165) is 37.8 Å². The summed E-state index contributed by atoms with van der Waals surface area (Å²) in [5, 5.41) is 11.4. The molecule has 1 fully saturated rings. The van der Waals surface area contributed by atoms with Crippen LogP contribution in [0.1, 0.15) is 60.1 Å². The standard InChI is InChI=1S/C28H33N5O5S/c1-32(19-18-22-12-6-3-7-13-22)28-29-20-23(24(30-28)17-16-21-10-4-2-5-11-21)27(34)31-39(37,38)26-15-9-8-14-25(26)33(35)36/h3,6-9,12-15,20-21H,2,4-5,10-11,16-19H2,1H3,(H,31,34). The summed E-state index contributed by atoms with van der Waals surface area (Å²) in [6.07, 6.45) is 9.33. The topological polar surface area (TPSA) is 135 Å². The second kappa shape index (κ2) is 12.8. The average molecular weight is 552 g/mol. The predicted octanol–water partition coefficient (Wildman–Crippen LogP) is 4.70. The van der Waals surface area contributed by atoms with Crippen LogP contribution in [0.15, 0.2) is 65.7 Å². The number of aromatic nitrogens is 2. The Morgan fingerprint density at radius 2 is 1.74 bits per heavy atom. The number of para-hydroxylation sites is 1. The lowest BCUT2D eigenvalue weighted by Crippen LogP contribution is -2.32. The summed E-state index contributed by atoms with van der Waals surface area (Å²) in [7, 11) is -2.63. The molecule has 1 aromatic heterocycles. The molecule has 0 spiro atoms. The van der Waals surface area contributed by atoms with Crippen molar-refractivity contribution < 1.29 is 18.1 Å². The Labute approximate surface area is 228 Å². The van der Waals surface area contributed by atoms with Gasteiger partial charge in [-0.3, -0.25) is 14.9 Å². The number of likely N-dealkylation sites (N-methyl/N-ethyl adjacent to an activating group) is 1. The molecule has 2 aromatic carbocycles. The van der Waals surface area contributed by atoms with Crippen molar-refractivity contribution in [1.82, 2.24) is 14.7 Å². The van der Waals surface area contributed by atoms with Crippen molar-refractivity contribution in [2.75, 3.05) is 18.5 Å². The van der Waals surface area contributed by atoms with Gasteiger partial charge >= 0.3 is 0 Å².